The Morgan fingerprint density at radius 1 is 1.35 bits per heavy atom. The summed E-state index contributed by atoms with van der Waals surface area (Å²) in [4.78, 5) is 26.1. The number of esters is 1. The summed E-state index contributed by atoms with van der Waals surface area (Å²) in [6.07, 6.45) is 1.77. The average molecular weight is 318 g/mol. The average Bonchev–Trinajstić information content (AvgIpc) is 2.56. The normalized spacial score (nSPS) is 19.8. The van der Waals surface area contributed by atoms with Crippen LogP contribution in [0.5, 0.6) is 0 Å². The van der Waals surface area contributed by atoms with E-state index in [1.54, 1.807) is 0 Å². The van der Waals surface area contributed by atoms with E-state index in [0.717, 1.165) is 24.9 Å². The highest BCUT2D eigenvalue weighted by Gasteiger charge is 2.27. The lowest BCUT2D eigenvalue weighted by Gasteiger charge is -2.31. The van der Waals surface area contributed by atoms with Crippen LogP contribution in [-0.2, 0) is 14.3 Å². The number of amides is 1. The summed E-state index contributed by atoms with van der Waals surface area (Å²) in [5.41, 5.74) is 1.09. The zero-order valence-electron chi connectivity index (χ0n) is 14.0. The maximum absolute atomic E-state index is 12.2. The molecular weight excluding hydrogens is 292 g/mol. The second-order valence-electron chi connectivity index (χ2n) is 6.03. The van der Waals surface area contributed by atoms with E-state index in [1.807, 2.05) is 49.1 Å². The number of piperidine rings is 1. The molecule has 2 rings (SSSR count). The van der Waals surface area contributed by atoms with E-state index in [-0.39, 0.29) is 23.8 Å². The zero-order valence-corrected chi connectivity index (χ0v) is 14.0. The van der Waals surface area contributed by atoms with Crippen molar-refractivity contribution in [2.45, 2.75) is 32.7 Å². The predicted octanol–water partition coefficient (Wildman–Crippen LogP) is 2.14. The first-order valence-corrected chi connectivity index (χ1v) is 8.33. The van der Waals surface area contributed by atoms with Gasteiger partial charge in [-0.3, -0.25) is 14.5 Å². The van der Waals surface area contributed by atoms with Crippen molar-refractivity contribution >= 4 is 11.9 Å². The quantitative estimate of drug-likeness (QED) is 0.817. The van der Waals surface area contributed by atoms with Crippen LogP contribution >= 0.6 is 0 Å². The molecule has 1 aliphatic heterocycles. The summed E-state index contributed by atoms with van der Waals surface area (Å²) in [5, 5.41) is 3.02. The van der Waals surface area contributed by atoms with Crippen LogP contribution in [0.1, 0.15) is 38.3 Å². The Balaban J connectivity index is 1.81. The van der Waals surface area contributed by atoms with Gasteiger partial charge < -0.3 is 10.1 Å². The van der Waals surface area contributed by atoms with Gasteiger partial charge in [-0.15, -0.1) is 0 Å². The van der Waals surface area contributed by atoms with Gasteiger partial charge in [0.15, 0.2) is 0 Å². The first-order chi connectivity index (χ1) is 11.1. The fraction of sp³-hybridized carbons (Fsp3) is 0.556. The fourth-order valence-electron chi connectivity index (χ4n) is 2.97. The van der Waals surface area contributed by atoms with Crippen molar-refractivity contribution in [1.82, 2.24) is 10.2 Å². The number of carbonyl (C=O) groups is 2. The summed E-state index contributed by atoms with van der Waals surface area (Å²) < 4.78 is 5.09. The van der Waals surface area contributed by atoms with E-state index in [0.29, 0.717) is 19.7 Å². The topological polar surface area (TPSA) is 58.6 Å². The largest absolute Gasteiger partial charge is 0.466 e. The number of nitrogens with zero attached hydrogens (tertiary/aromatic N) is 1. The highest BCUT2D eigenvalue weighted by atomic mass is 16.5. The first kappa shape index (κ1) is 17.5. The number of nitrogens with one attached hydrogen (secondary N) is 1. The molecule has 23 heavy (non-hydrogen) atoms. The van der Waals surface area contributed by atoms with Gasteiger partial charge in [0.05, 0.1) is 25.1 Å². The molecule has 0 radical (unpaired) electrons. The Labute approximate surface area is 138 Å². The monoisotopic (exact) mass is 318 g/mol. The number of carbonyl (C=O) groups excluding carboxylic acids is 2. The van der Waals surface area contributed by atoms with Crippen LogP contribution < -0.4 is 5.32 Å². The van der Waals surface area contributed by atoms with Crippen LogP contribution in [0, 0.1) is 5.92 Å². The SMILES string of the molecule is CCOC(=O)[C@H]1CCCN(CC(=O)N[C@@H](C)c2ccccc2)C1. The highest BCUT2D eigenvalue weighted by molar-refractivity contribution is 5.78. The van der Waals surface area contributed by atoms with Gasteiger partial charge in [-0.05, 0) is 38.8 Å². The summed E-state index contributed by atoms with van der Waals surface area (Å²) in [6, 6.07) is 9.88. The second-order valence-corrected chi connectivity index (χ2v) is 6.03. The van der Waals surface area contributed by atoms with Crippen LogP contribution in [0.15, 0.2) is 30.3 Å². The summed E-state index contributed by atoms with van der Waals surface area (Å²) in [5.74, 6) is -0.260. The molecule has 0 unspecified atom stereocenters. The lowest BCUT2D eigenvalue weighted by Crippen LogP contribution is -2.45. The van der Waals surface area contributed by atoms with Gasteiger partial charge in [0.1, 0.15) is 0 Å². The van der Waals surface area contributed by atoms with E-state index in [1.165, 1.54) is 0 Å². The van der Waals surface area contributed by atoms with Gasteiger partial charge in [0, 0.05) is 6.54 Å². The minimum absolute atomic E-state index is 0.00846. The molecule has 0 spiro atoms. The standard InChI is InChI=1S/C18H26N2O3/c1-3-23-18(22)16-10-7-11-20(12-16)13-17(21)19-14(2)15-8-5-4-6-9-15/h4-6,8-9,14,16H,3,7,10-13H2,1-2H3,(H,19,21)/t14-,16-/m0/s1. The van der Waals surface area contributed by atoms with E-state index in [4.69, 9.17) is 4.74 Å². The van der Waals surface area contributed by atoms with Crippen LogP contribution in [0.2, 0.25) is 0 Å². The minimum atomic E-state index is -0.143. The van der Waals surface area contributed by atoms with Crippen LogP contribution in [-0.4, -0.2) is 43.0 Å². The third-order valence-corrected chi connectivity index (χ3v) is 4.17. The fourth-order valence-corrected chi connectivity index (χ4v) is 2.97. The molecule has 0 aliphatic carbocycles. The third kappa shape index (κ3) is 5.36. The predicted molar refractivity (Wildman–Crippen MR) is 88.8 cm³/mol. The number of likely N-dealkylation sites (tertiary alicyclic amines) is 1. The molecule has 1 saturated heterocycles. The Bertz CT molecular complexity index is 518. The van der Waals surface area contributed by atoms with Gasteiger partial charge in [0.2, 0.25) is 5.91 Å². The van der Waals surface area contributed by atoms with Gasteiger partial charge in [-0.2, -0.15) is 0 Å². The second kappa shape index (κ2) is 8.67. The maximum atomic E-state index is 12.2. The smallest absolute Gasteiger partial charge is 0.310 e. The Morgan fingerprint density at radius 3 is 2.78 bits per heavy atom. The van der Waals surface area contributed by atoms with Crippen molar-refractivity contribution in [3.63, 3.8) is 0 Å². The zero-order chi connectivity index (χ0) is 16.7. The van der Waals surface area contributed by atoms with E-state index in [2.05, 4.69) is 5.32 Å². The number of hydrogen-bond donors (Lipinski definition) is 1. The first-order valence-electron chi connectivity index (χ1n) is 8.33. The Hall–Kier alpha value is -1.88. The number of ether oxygens (including phenoxy) is 1. The molecule has 0 saturated carbocycles. The molecule has 5 heteroatoms. The maximum Gasteiger partial charge on any atom is 0.310 e. The van der Waals surface area contributed by atoms with E-state index in [9.17, 15) is 9.59 Å². The van der Waals surface area contributed by atoms with Gasteiger partial charge in [-0.1, -0.05) is 30.3 Å². The van der Waals surface area contributed by atoms with E-state index < -0.39 is 0 Å². The molecule has 1 N–H and O–H groups in total. The van der Waals surface area contributed by atoms with Crippen molar-refractivity contribution in [2.75, 3.05) is 26.2 Å². The Morgan fingerprint density at radius 2 is 2.09 bits per heavy atom. The molecule has 126 valence electrons. The van der Waals surface area contributed by atoms with E-state index >= 15 is 0 Å². The lowest BCUT2D eigenvalue weighted by molar-refractivity contribution is -0.150. The molecule has 1 amide bonds. The molecule has 1 fully saturated rings. The van der Waals surface area contributed by atoms with Crippen LogP contribution in [0.25, 0.3) is 0 Å². The lowest BCUT2D eigenvalue weighted by atomic mass is 9.98. The van der Waals surface area contributed by atoms with Crippen LogP contribution in [0.4, 0.5) is 0 Å². The number of hydrogen-bond acceptors (Lipinski definition) is 4. The highest BCUT2D eigenvalue weighted by Crippen LogP contribution is 2.18. The molecule has 1 heterocycles. The number of rotatable bonds is 6. The van der Waals surface area contributed by atoms with Crippen molar-refractivity contribution in [3.05, 3.63) is 35.9 Å². The van der Waals surface area contributed by atoms with Crippen molar-refractivity contribution in [1.29, 1.82) is 0 Å². The molecule has 0 bridgehead atoms. The van der Waals surface area contributed by atoms with Crippen LogP contribution in [0.3, 0.4) is 0 Å². The minimum Gasteiger partial charge on any atom is -0.466 e. The Kier molecular flexibility index (Phi) is 6.59. The molecule has 1 aromatic carbocycles. The molecule has 1 aromatic rings. The summed E-state index contributed by atoms with van der Waals surface area (Å²) >= 11 is 0. The van der Waals surface area contributed by atoms with Gasteiger partial charge in [-0.25, -0.2) is 0 Å². The molecule has 2 atom stereocenters. The third-order valence-electron chi connectivity index (χ3n) is 4.17. The van der Waals surface area contributed by atoms with Crippen molar-refractivity contribution < 1.29 is 14.3 Å². The number of benzene rings is 1. The molecule has 0 aromatic heterocycles. The molecule has 1 aliphatic rings. The molecular formula is C18H26N2O3. The van der Waals surface area contributed by atoms with Gasteiger partial charge in [0.25, 0.3) is 0 Å². The molecule has 5 nitrogen and oxygen atoms in total. The summed E-state index contributed by atoms with van der Waals surface area (Å²) in [7, 11) is 0. The van der Waals surface area contributed by atoms with Crippen molar-refractivity contribution in [3.8, 4) is 0 Å². The van der Waals surface area contributed by atoms with Crippen molar-refractivity contribution in [2.24, 2.45) is 5.92 Å². The summed E-state index contributed by atoms with van der Waals surface area (Å²) in [6.45, 7) is 5.98. The van der Waals surface area contributed by atoms with Gasteiger partial charge >= 0.3 is 5.97 Å².